The van der Waals surface area contributed by atoms with Gasteiger partial charge in [0.1, 0.15) is 17.1 Å². The average molecular weight is 543 g/mol. The number of primary amides is 1. The first-order valence-electron chi connectivity index (χ1n) is 12.7. The fourth-order valence-electron chi connectivity index (χ4n) is 5.99. The number of nitrogens with two attached hydrogens (primary N) is 1. The van der Waals surface area contributed by atoms with Crippen molar-refractivity contribution >= 4 is 29.1 Å². The second-order valence-corrected chi connectivity index (χ2v) is 11.0. The van der Waals surface area contributed by atoms with E-state index in [4.69, 9.17) is 5.73 Å². The fraction of sp³-hybridized carbons (Fsp3) is 0.481. The minimum absolute atomic E-state index is 0.00494. The lowest BCUT2D eigenvalue weighted by Gasteiger charge is -2.50. The van der Waals surface area contributed by atoms with E-state index in [1.165, 1.54) is 11.0 Å². The molecule has 12 heteroatoms. The first-order chi connectivity index (χ1) is 18.2. The van der Waals surface area contributed by atoms with Gasteiger partial charge in [0.15, 0.2) is 17.1 Å². The third kappa shape index (κ3) is 4.48. The number of anilines is 1. The van der Waals surface area contributed by atoms with E-state index in [1.54, 1.807) is 20.2 Å². The highest BCUT2D eigenvalue weighted by atomic mass is 16.3. The first-order valence-corrected chi connectivity index (χ1v) is 12.7. The van der Waals surface area contributed by atoms with Crippen LogP contribution in [0, 0.1) is 17.8 Å². The molecule has 4 atom stereocenters. The summed E-state index contributed by atoms with van der Waals surface area (Å²) in [6.07, 6.45) is 0.179. The molecular formula is C27H34N4O8. The number of amides is 2. The van der Waals surface area contributed by atoms with E-state index < -0.39 is 69.7 Å². The van der Waals surface area contributed by atoms with Crippen LogP contribution in [0.25, 0.3) is 0 Å². The fourth-order valence-corrected chi connectivity index (χ4v) is 5.99. The van der Waals surface area contributed by atoms with Gasteiger partial charge in [-0.3, -0.25) is 24.1 Å². The number of aromatic hydroxyl groups is 1. The summed E-state index contributed by atoms with van der Waals surface area (Å²) in [6.45, 7) is 4.58. The third-order valence-electron chi connectivity index (χ3n) is 7.71. The molecule has 0 heterocycles. The van der Waals surface area contributed by atoms with Crippen molar-refractivity contribution in [3.8, 4) is 5.75 Å². The number of hydrogen-bond acceptors (Lipinski definition) is 10. The summed E-state index contributed by atoms with van der Waals surface area (Å²) >= 11 is 0. The van der Waals surface area contributed by atoms with Gasteiger partial charge >= 0.3 is 0 Å². The van der Waals surface area contributed by atoms with Crippen molar-refractivity contribution in [3.05, 3.63) is 45.9 Å². The zero-order chi connectivity index (χ0) is 29.0. The number of nitrogens with zero attached hydrogens (tertiary/aromatic N) is 1. The number of fused-ring (bicyclic) bond motifs is 3. The van der Waals surface area contributed by atoms with Crippen LogP contribution in [0.5, 0.6) is 5.75 Å². The van der Waals surface area contributed by atoms with E-state index >= 15 is 0 Å². The van der Waals surface area contributed by atoms with E-state index in [1.807, 2.05) is 13.8 Å². The number of rotatable bonds is 7. The Morgan fingerprint density at radius 1 is 1.18 bits per heavy atom. The topological polar surface area (TPSA) is 203 Å². The molecule has 1 aromatic rings. The maximum absolute atomic E-state index is 13.7. The minimum atomic E-state index is -2.70. The molecule has 0 bridgehead atoms. The highest BCUT2D eigenvalue weighted by molar-refractivity contribution is 6.25. The zero-order valence-corrected chi connectivity index (χ0v) is 22.2. The molecule has 8 N–H and O–H groups in total. The van der Waals surface area contributed by atoms with Crippen molar-refractivity contribution in [3.63, 3.8) is 0 Å². The normalized spacial score (nSPS) is 26.5. The van der Waals surface area contributed by atoms with Gasteiger partial charge in [0, 0.05) is 11.5 Å². The van der Waals surface area contributed by atoms with Gasteiger partial charge in [-0.15, -0.1) is 0 Å². The van der Waals surface area contributed by atoms with Crippen LogP contribution in [0.1, 0.15) is 36.2 Å². The number of phenolic OH excluding ortho intramolecular Hbond substituents is 1. The quantitative estimate of drug-likeness (QED) is 0.186. The van der Waals surface area contributed by atoms with Crippen LogP contribution in [0.2, 0.25) is 0 Å². The van der Waals surface area contributed by atoms with Gasteiger partial charge in [-0.1, -0.05) is 19.9 Å². The molecule has 0 spiro atoms. The van der Waals surface area contributed by atoms with Crippen LogP contribution in [-0.2, 0) is 20.8 Å². The van der Waals surface area contributed by atoms with Crippen LogP contribution in [0.15, 0.2) is 34.8 Å². The van der Waals surface area contributed by atoms with Crippen molar-refractivity contribution in [1.82, 2.24) is 10.2 Å². The second kappa shape index (κ2) is 10.1. The largest absolute Gasteiger partial charge is 0.510 e. The summed E-state index contributed by atoms with van der Waals surface area (Å²) in [7, 11) is 3.14. The van der Waals surface area contributed by atoms with E-state index in [2.05, 4.69) is 10.6 Å². The Morgan fingerprint density at radius 3 is 2.44 bits per heavy atom. The number of allylic oxidation sites excluding steroid dienone is 1. The maximum Gasteiger partial charge on any atom is 0.255 e. The van der Waals surface area contributed by atoms with Crippen LogP contribution in [0.3, 0.4) is 0 Å². The number of hydrogen-bond donors (Lipinski definition) is 7. The molecule has 0 aliphatic heterocycles. The lowest BCUT2D eigenvalue weighted by Crippen LogP contribution is -2.63. The molecule has 2 unspecified atom stereocenters. The van der Waals surface area contributed by atoms with Gasteiger partial charge in [-0.25, -0.2) is 0 Å². The minimum Gasteiger partial charge on any atom is -0.510 e. The van der Waals surface area contributed by atoms with Crippen LogP contribution >= 0.6 is 0 Å². The molecule has 3 aliphatic rings. The summed E-state index contributed by atoms with van der Waals surface area (Å²) in [5, 5.41) is 50.2. The summed E-state index contributed by atoms with van der Waals surface area (Å²) in [5.74, 6) is -7.30. The van der Waals surface area contributed by atoms with Crippen molar-refractivity contribution in [1.29, 1.82) is 0 Å². The number of aliphatic hydroxyl groups is 3. The highest BCUT2D eigenvalue weighted by Crippen LogP contribution is 2.52. The Morgan fingerprint density at radius 2 is 1.85 bits per heavy atom. The smallest absolute Gasteiger partial charge is 0.255 e. The Hall–Kier alpha value is -3.74. The number of benzene rings is 1. The number of aliphatic hydroxyl groups excluding tert-OH is 2. The number of carbonyl (C=O) groups is 4. The summed E-state index contributed by atoms with van der Waals surface area (Å²) < 4.78 is 0. The Balaban J connectivity index is 1.76. The Labute approximate surface area is 225 Å². The second-order valence-electron chi connectivity index (χ2n) is 11.0. The summed E-state index contributed by atoms with van der Waals surface area (Å²) in [4.78, 5) is 52.9. The van der Waals surface area contributed by atoms with Gasteiger partial charge < -0.3 is 36.8 Å². The molecule has 0 radical (unpaired) electrons. The number of nitrogens with one attached hydrogen (secondary N) is 2. The van der Waals surface area contributed by atoms with Crippen molar-refractivity contribution in [2.75, 3.05) is 32.5 Å². The number of phenols is 1. The maximum atomic E-state index is 13.7. The summed E-state index contributed by atoms with van der Waals surface area (Å²) in [5.41, 5.74) is 1.81. The van der Waals surface area contributed by atoms with Gasteiger partial charge in [-0.2, -0.15) is 0 Å². The van der Waals surface area contributed by atoms with Gasteiger partial charge in [0.05, 0.1) is 23.8 Å². The molecule has 0 saturated carbocycles. The summed E-state index contributed by atoms with van der Waals surface area (Å²) in [6, 6.07) is 2.03. The molecule has 12 nitrogen and oxygen atoms in total. The molecule has 2 amide bonds. The average Bonchev–Trinajstić information content (AvgIpc) is 2.82. The van der Waals surface area contributed by atoms with E-state index in [-0.39, 0.29) is 36.2 Å². The lowest BCUT2D eigenvalue weighted by molar-refractivity contribution is -0.148. The predicted octanol–water partition coefficient (Wildman–Crippen LogP) is 0.305. The number of ketones is 2. The van der Waals surface area contributed by atoms with Crippen molar-refractivity contribution in [2.24, 2.45) is 23.5 Å². The monoisotopic (exact) mass is 542 g/mol. The Bertz CT molecular complexity index is 1330. The van der Waals surface area contributed by atoms with Crippen molar-refractivity contribution in [2.45, 2.75) is 38.3 Å². The molecule has 1 aromatic carbocycles. The first kappa shape index (κ1) is 28.3. The number of likely N-dealkylation sites (N-methyl/N-ethyl adjacent to an activating group) is 1. The molecule has 0 fully saturated rings. The highest BCUT2D eigenvalue weighted by Gasteiger charge is 2.63. The molecule has 210 valence electrons. The van der Waals surface area contributed by atoms with Gasteiger partial charge in [0.25, 0.3) is 5.91 Å². The van der Waals surface area contributed by atoms with E-state index in [0.29, 0.717) is 18.0 Å². The van der Waals surface area contributed by atoms with Crippen LogP contribution in [0.4, 0.5) is 5.69 Å². The SMILES string of the molecule is CC(C)CNCC(=O)Nc1ccc2c(c1O)C(=O)C1=C(O)[C@]3(O)C(=O)C(C(N)=O)=C(O)[C@@H](N(C)C)C3CC1C2. The van der Waals surface area contributed by atoms with E-state index in [9.17, 15) is 39.6 Å². The van der Waals surface area contributed by atoms with Crippen LogP contribution < -0.4 is 16.4 Å². The predicted molar refractivity (Wildman–Crippen MR) is 140 cm³/mol. The molecular weight excluding hydrogens is 508 g/mol. The number of carbonyl (C=O) groups excluding carboxylic acids is 4. The van der Waals surface area contributed by atoms with E-state index in [0.717, 1.165) is 0 Å². The zero-order valence-electron chi connectivity index (χ0n) is 22.2. The molecule has 4 rings (SSSR count). The van der Waals surface area contributed by atoms with Gasteiger partial charge in [0.2, 0.25) is 11.7 Å². The third-order valence-corrected chi connectivity index (χ3v) is 7.71. The molecule has 39 heavy (non-hydrogen) atoms. The molecule has 0 saturated heterocycles. The van der Waals surface area contributed by atoms with Crippen molar-refractivity contribution < 1.29 is 39.6 Å². The molecule has 3 aliphatic carbocycles. The Kier molecular flexibility index (Phi) is 7.32. The lowest BCUT2D eigenvalue weighted by atomic mass is 9.58. The standard InChI is InChI=1S/C27H34N4O8/c1-11(2)9-29-10-16(32)30-15-6-5-12-7-13-8-14-20(31(3)4)23(35)19(26(28)38)25(37)27(14,39)24(36)18(13)22(34)17(12)21(15)33/h5-6,11,13-14,20,29,33,35-36,39H,7-10H2,1-4H3,(H2,28,38)(H,30,32)/t13?,14?,20-,27-/m0/s1. The molecule has 0 aromatic heterocycles. The van der Waals surface area contributed by atoms with Crippen LogP contribution in [-0.4, -0.2) is 87.5 Å². The van der Waals surface area contributed by atoms with Gasteiger partial charge in [-0.05, 0) is 56.9 Å². The number of Topliss-reactive ketones (excluding diaryl/α,β-unsaturated/α-hetero) is 2.